The summed E-state index contributed by atoms with van der Waals surface area (Å²) in [4.78, 5) is 26.9. The first-order chi connectivity index (χ1) is 14.7. The van der Waals surface area contributed by atoms with Gasteiger partial charge in [-0.05, 0) is 50.1 Å². The van der Waals surface area contributed by atoms with E-state index in [2.05, 4.69) is 16.4 Å². The Bertz CT molecular complexity index is 1180. The number of carbonyl (C=O) groups is 1. The van der Waals surface area contributed by atoms with Crippen LogP contribution in [-0.4, -0.2) is 15.8 Å². The van der Waals surface area contributed by atoms with E-state index in [9.17, 15) is 20.2 Å². The average Bonchev–Trinajstić information content (AvgIpc) is 2.76. The molecule has 0 atom stereocenters. The van der Waals surface area contributed by atoms with Crippen molar-refractivity contribution in [1.82, 2.24) is 4.98 Å². The molecule has 0 aliphatic heterocycles. The molecule has 8 nitrogen and oxygen atoms in total. The summed E-state index contributed by atoms with van der Waals surface area (Å²) in [5, 5.41) is 22.9. The highest BCUT2D eigenvalue weighted by Crippen LogP contribution is 2.28. The van der Waals surface area contributed by atoms with Crippen molar-refractivity contribution in [1.29, 1.82) is 5.26 Å². The molecule has 31 heavy (non-hydrogen) atoms. The van der Waals surface area contributed by atoms with Crippen LogP contribution in [0.1, 0.15) is 35.3 Å². The summed E-state index contributed by atoms with van der Waals surface area (Å²) in [7, 11) is 0. The van der Waals surface area contributed by atoms with Crippen LogP contribution in [-0.2, 0) is 5.41 Å². The molecule has 0 aliphatic rings. The van der Waals surface area contributed by atoms with Gasteiger partial charge in [-0.3, -0.25) is 14.9 Å². The van der Waals surface area contributed by atoms with E-state index in [1.54, 1.807) is 50.2 Å². The molecule has 1 amide bonds. The number of nitriles is 1. The van der Waals surface area contributed by atoms with Gasteiger partial charge in [-0.25, -0.2) is 4.98 Å². The minimum Gasteiger partial charge on any atom is -0.439 e. The number of benzene rings is 2. The Morgan fingerprint density at radius 2 is 1.97 bits per heavy atom. The second kappa shape index (κ2) is 8.63. The lowest BCUT2D eigenvalue weighted by molar-refractivity contribution is -0.385. The molecule has 0 spiro atoms. The number of ether oxygens (including phenoxy) is 1. The Balaban J connectivity index is 1.79. The van der Waals surface area contributed by atoms with Gasteiger partial charge in [0.1, 0.15) is 11.9 Å². The molecule has 1 N–H and O–H groups in total. The Morgan fingerprint density at radius 1 is 1.19 bits per heavy atom. The quantitative estimate of drug-likeness (QED) is 0.439. The fourth-order valence-electron chi connectivity index (χ4n) is 2.77. The number of carbonyl (C=O) groups excluding carboxylic acids is 1. The minimum absolute atomic E-state index is 0.133. The number of amides is 1. The number of rotatable bonds is 6. The third-order valence-corrected chi connectivity index (χ3v) is 4.74. The second-order valence-corrected chi connectivity index (χ2v) is 7.46. The van der Waals surface area contributed by atoms with Gasteiger partial charge in [0.25, 0.3) is 11.6 Å². The number of nitrogens with zero attached hydrogens (tertiary/aromatic N) is 3. The summed E-state index contributed by atoms with van der Waals surface area (Å²) < 4.78 is 5.65. The normalized spacial score (nSPS) is 10.8. The Labute approximate surface area is 179 Å². The predicted molar refractivity (Wildman–Crippen MR) is 115 cm³/mol. The third kappa shape index (κ3) is 5.03. The molecule has 3 rings (SSSR count). The van der Waals surface area contributed by atoms with Crippen molar-refractivity contribution in [2.75, 3.05) is 5.32 Å². The smallest absolute Gasteiger partial charge is 0.287 e. The SMILES string of the molecule is Cc1ccc(Oc2ccc([N+](=O)[O-])cn2)cc1NC(=O)c1cccc(C(C)(C)C#N)c1. The third-order valence-electron chi connectivity index (χ3n) is 4.74. The standard InChI is InChI=1S/C23H20N4O4/c1-15-7-9-19(31-21-10-8-18(13-25-21)27(29)30)12-20(15)26-22(28)16-5-4-6-17(11-16)23(2,3)14-24/h4-13H,1-3H3,(H,26,28). The van der Waals surface area contributed by atoms with E-state index in [1.165, 1.54) is 12.1 Å². The number of anilines is 1. The van der Waals surface area contributed by atoms with Crippen LogP contribution in [0.2, 0.25) is 0 Å². The first kappa shape index (κ1) is 21.5. The summed E-state index contributed by atoms with van der Waals surface area (Å²) in [6.45, 7) is 5.43. The maximum Gasteiger partial charge on any atom is 0.287 e. The van der Waals surface area contributed by atoms with E-state index in [0.29, 0.717) is 17.0 Å². The van der Waals surface area contributed by atoms with Gasteiger partial charge in [-0.15, -0.1) is 0 Å². The van der Waals surface area contributed by atoms with Crippen molar-refractivity contribution in [3.63, 3.8) is 0 Å². The Hall–Kier alpha value is -4.25. The van der Waals surface area contributed by atoms with E-state index < -0.39 is 10.3 Å². The summed E-state index contributed by atoms with van der Waals surface area (Å²) in [6.07, 6.45) is 1.11. The molecule has 156 valence electrons. The number of nitro groups is 1. The Kier molecular flexibility index (Phi) is 5.97. The average molecular weight is 416 g/mol. The molecule has 1 aromatic heterocycles. The van der Waals surface area contributed by atoms with Crippen molar-refractivity contribution < 1.29 is 14.5 Å². The maximum atomic E-state index is 12.8. The van der Waals surface area contributed by atoms with Crippen LogP contribution in [0.3, 0.4) is 0 Å². The molecule has 0 bridgehead atoms. The van der Waals surface area contributed by atoms with Crippen molar-refractivity contribution in [2.45, 2.75) is 26.2 Å². The molecule has 8 heteroatoms. The summed E-state index contributed by atoms with van der Waals surface area (Å²) in [5.41, 5.74) is 1.72. The van der Waals surface area contributed by atoms with Crippen LogP contribution < -0.4 is 10.1 Å². The molecule has 0 saturated heterocycles. The predicted octanol–water partition coefficient (Wildman–Crippen LogP) is 5.14. The highest BCUT2D eigenvalue weighted by molar-refractivity contribution is 6.04. The van der Waals surface area contributed by atoms with Crippen molar-refractivity contribution >= 4 is 17.3 Å². The van der Waals surface area contributed by atoms with Gasteiger partial charge in [0.15, 0.2) is 0 Å². The highest BCUT2D eigenvalue weighted by atomic mass is 16.6. The van der Waals surface area contributed by atoms with Gasteiger partial charge in [0.2, 0.25) is 5.88 Å². The van der Waals surface area contributed by atoms with Crippen LogP contribution in [0, 0.1) is 28.4 Å². The number of hydrogen-bond donors (Lipinski definition) is 1. The van der Waals surface area contributed by atoms with Crippen LogP contribution in [0.5, 0.6) is 11.6 Å². The van der Waals surface area contributed by atoms with E-state index in [4.69, 9.17) is 4.74 Å². The van der Waals surface area contributed by atoms with Crippen LogP contribution in [0.4, 0.5) is 11.4 Å². The summed E-state index contributed by atoms with van der Waals surface area (Å²) in [6, 6.07) is 17.0. The summed E-state index contributed by atoms with van der Waals surface area (Å²) >= 11 is 0. The zero-order chi connectivity index (χ0) is 22.6. The van der Waals surface area contributed by atoms with Crippen LogP contribution >= 0.6 is 0 Å². The van der Waals surface area contributed by atoms with Gasteiger partial charge in [-0.1, -0.05) is 18.2 Å². The molecule has 1 heterocycles. The molecule has 2 aromatic carbocycles. The van der Waals surface area contributed by atoms with Crippen LogP contribution in [0.15, 0.2) is 60.8 Å². The number of pyridine rings is 1. The molecule has 0 unspecified atom stereocenters. The fraction of sp³-hybridized carbons (Fsp3) is 0.174. The highest BCUT2D eigenvalue weighted by Gasteiger charge is 2.21. The van der Waals surface area contributed by atoms with Crippen molar-refractivity contribution in [3.05, 3.63) is 87.6 Å². The second-order valence-electron chi connectivity index (χ2n) is 7.46. The molecule has 3 aromatic rings. The largest absolute Gasteiger partial charge is 0.439 e. The lowest BCUT2D eigenvalue weighted by Crippen LogP contribution is -2.17. The molecule has 0 radical (unpaired) electrons. The molecular formula is C23H20N4O4. The molecular weight excluding hydrogens is 396 g/mol. The maximum absolute atomic E-state index is 12.8. The van der Waals surface area contributed by atoms with Crippen LogP contribution in [0.25, 0.3) is 0 Å². The first-order valence-corrected chi connectivity index (χ1v) is 9.42. The van der Waals surface area contributed by atoms with Gasteiger partial charge in [-0.2, -0.15) is 5.26 Å². The lowest BCUT2D eigenvalue weighted by Gasteiger charge is -2.17. The molecule has 0 saturated carbocycles. The van der Waals surface area contributed by atoms with Gasteiger partial charge >= 0.3 is 0 Å². The number of nitrogens with one attached hydrogen (secondary N) is 1. The number of aryl methyl sites for hydroxylation is 1. The van der Waals surface area contributed by atoms with Gasteiger partial charge < -0.3 is 10.1 Å². The molecule has 0 aliphatic carbocycles. The fourth-order valence-corrected chi connectivity index (χ4v) is 2.77. The number of aromatic nitrogens is 1. The topological polar surface area (TPSA) is 118 Å². The summed E-state index contributed by atoms with van der Waals surface area (Å²) in [5.74, 6) is 0.295. The van der Waals surface area contributed by atoms with E-state index >= 15 is 0 Å². The van der Waals surface area contributed by atoms with E-state index in [0.717, 1.165) is 17.3 Å². The monoisotopic (exact) mass is 416 g/mol. The van der Waals surface area contributed by atoms with Gasteiger partial charge in [0, 0.05) is 29.4 Å². The van der Waals surface area contributed by atoms with Gasteiger partial charge in [0.05, 0.1) is 16.4 Å². The van der Waals surface area contributed by atoms with Crippen molar-refractivity contribution in [3.8, 4) is 17.7 Å². The zero-order valence-electron chi connectivity index (χ0n) is 17.2. The molecule has 0 fully saturated rings. The first-order valence-electron chi connectivity index (χ1n) is 9.42. The number of hydrogen-bond acceptors (Lipinski definition) is 6. The minimum atomic E-state index is -0.711. The Morgan fingerprint density at radius 3 is 2.61 bits per heavy atom. The van der Waals surface area contributed by atoms with Crippen molar-refractivity contribution in [2.24, 2.45) is 0 Å². The lowest BCUT2D eigenvalue weighted by atomic mass is 9.85. The van der Waals surface area contributed by atoms with E-state index in [-0.39, 0.29) is 17.5 Å². The van der Waals surface area contributed by atoms with E-state index in [1.807, 2.05) is 13.0 Å². The zero-order valence-corrected chi connectivity index (χ0v) is 17.2.